The van der Waals surface area contributed by atoms with Gasteiger partial charge in [-0.15, -0.1) is 0 Å². The Morgan fingerprint density at radius 1 is 1.29 bits per heavy atom. The molecule has 10 N–H and O–H groups in total. The third-order valence-corrected chi connectivity index (χ3v) is 1.60. The van der Waals surface area contributed by atoms with Crippen molar-refractivity contribution in [3.05, 3.63) is 12.2 Å². The molecule has 0 radical (unpaired) electrons. The van der Waals surface area contributed by atoms with Crippen molar-refractivity contribution in [2.24, 2.45) is 5.92 Å². The van der Waals surface area contributed by atoms with Gasteiger partial charge in [0.1, 0.15) is 0 Å². The summed E-state index contributed by atoms with van der Waals surface area (Å²) in [4.78, 5) is 20.5. The lowest BCUT2D eigenvalue weighted by molar-refractivity contribution is -0.141. The molecule has 1 unspecified atom stereocenters. The maximum Gasteiger partial charge on any atom is 0.330 e. The Balaban J connectivity index is -0.000000605. The van der Waals surface area contributed by atoms with Crippen molar-refractivity contribution in [2.45, 2.75) is 19.8 Å². The van der Waals surface area contributed by atoms with Crippen molar-refractivity contribution in [1.82, 2.24) is 12.3 Å². The highest BCUT2D eigenvalue weighted by Crippen LogP contribution is 2.10. The first-order valence-electron chi connectivity index (χ1n) is 3.59. The lowest BCUT2D eigenvalue weighted by Crippen LogP contribution is -2.10. The molecule has 0 heterocycles. The standard InChI is InChI=1S/C8H12O4.2H3N/c1-5(7(9)10)3-4-6(2)8(11)12;;/h6H,1,3-4H2,2H3,(H,9,10)(H,11,12);2*1H3/p+2. The van der Waals surface area contributed by atoms with Gasteiger partial charge in [0.15, 0.2) is 0 Å². The van der Waals surface area contributed by atoms with Gasteiger partial charge >= 0.3 is 11.9 Å². The highest BCUT2D eigenvalue weighted by molar-refractivity contribution is 5.85. The number of hydrogen-bond donors (Lipinski definition) is 4. The molecule has 0 aromatic heterocycles. The fourth-order valence-electron chi connectivity index (χ4n) is 0.621. The molecule has 0 saturated heterocycles. The Bertz CT molecular complexity index is 215. The highest BCUT2D eigenvalue weighted by atomic mass is 16.4. The molecule has 0 aromatic rings. The molecular weight excluding hydrogens is 188 g/mol. The van der Waals surface area contributed by atoms with E-state index in [9.17, 15) is 9.59 Å². The van der Waals surface area contributed by atoms with Crippen molar-refractivity contribution in [3.8, 4) is 0 Å². The molecule has 0 aliphatic carbocycles. The summed E-state index contributed by atoms with van der Waals surface area (Å²) in [5.74, 6) is -2.48. The molecule has 0 aliphatic heterocycles. The van der Waals surface area contributed by atoms with Crippen molar-refractivity contribution in [2.75, 3.05) is 0 Å². The summed E-state index contributed by atoms with van der Waals surface area (Å²) < 4.78 is 0. The second kappa shape index (κ2) is 8.21. The Hall–Kier alpha value is -1.40. The quantitative estimate of drug-likeness (QED) is 0.510. The van der Waals surface area contributed by atoms with Crippen LogP contribution in [0.1, 0.15) is 19.8 Å². The molecule has 14 heavy (non-hydrogen) atoms. The normalized spacial score (nSPS) is 10.4. The predicted octanol–water partition coefficient (Wildman–Crippen LogP) is 1.88. The molecule has 6 heteroatoms. The van der Waals surface area contributed by atoms with Crippen LogP contribution >= 0.6 is 0 Å². The first kappa shape index (κ1) is 18.4. The summed E-state index contributed by atoms with van der Waals surface area (Å²) in [5.41, 5.74) is 0.0584. The van der Waals surface area contributed by atoms with E-state index in [0.717, 1.165) is 0 Å². The van der Waals surface area contributed by atoms with E-state index in [1.54, 1.807) is 0 Å². The molecule has 1 atom stereocenters. The number of carbonyl (C=O) groups is 2. The van der Waals surface area contributed by atoms with Crippen LogP contribution in [0.4, 0.5) is 0 Å². The number of carboxylic acid groups (broad SMARTS) is 2. The number of hydrogen-bond acceptors (Lipinski definition) is 2. The molecule has 84 valence electrons. The molecule has 0 aliphatic rings. The van der Waals surface area contributed by atoms with Crippen LogP contribution in [-0.4, -0.2) is 22.2 Å². The largest absolute Gasteiger partial charge is 0.481 e. The van der Waals surface area contributed by atoms with Crippen molar-refractivity contribution in [3.63, 3.8) is 0 Å². The molecule has 0 aromatic carbocycles. The Labute approximate surface area is 82.8 Å². The summed E-state index contributed by atoms with van der Waals surface area (Å²) in [6.45, 7) is 4.83. The van der Waals surface area contributed by atoms with Crippen LogP contribution in [0.25, 0.3) is 0 Å². The fraction of sp³-hybridized carbons (Fsp3) is 0.500. The van der Waals surface area contributed by atoms with Gasteiger partial charge in [-0.3, -0.25) is 4.79 Å². The first-order valence-corrected chi connectivity index (χ1v) is 3.59. The molecule has 0 amide bonds. The zero-order chi connectivity index (χ0) is 9.72. The summed E-state index contributed by atoms with van der Waals surface area (Å²) in [7, 11) is 0. The minimum Gasteiger partial charge on any atom is -0.481 e. The molecule has 0 bridgehead atoms. The molecule has 0 spiro atoms. The minimum atomic E-state index is -1.06. The van der Waals surface area contributed by atoms with Crippen molar-refractivity contribution in [1.29, 1.82) is 0 Å². The van der Waals surface area contributed by atoms with E-state index in [0.29, 0.717) is 6.42 Å². The second-order valence-electron chi connectivity index (χ2n) is 2.69. The predicted molar refractivity (Wildman–Crippen MR) is 54.8 cm³/mol. The van der Waals surface area contributed by atoms with Crippen LogP contribution in [0, 0.1) is 5.92 Å². The maximum atomic E-state index is 10.3. The Kier molecular flexibility index (Phi) is 10.8. The van der Waals surface area contributed by atoms with Crippen LogP contribution in [0.2, 0.25) is 0 Å². The minimum absolute atomic E-state index is 0. The van der Waals surface area contributed by atoms with Gasteiger partial charge in [0.25, 0.3) is 0 Å². The third-order valence-electron chi connectivity index (χ3n) is 1.60. The smallest absolute Gasteiger partial charge is 0.330 e. The van der Waals surface area contributed by atoms with E-state index in [4.69, 9.17) is 10.2 Å². The third kappa shape index (κ3) is 7.26. The van der Waals surface area contributed by atoms with Gasteiger partial charge in [0.05, 0.1) is 5.92 Å². The maximum absolute atomic E-state index is 10.3. The van der Waals surface area contributed by atoms with E-state index < -0.39 is 17.9 Å². The van der Waals surface area contributed by atoms with Gasteiger partial charge in [-0.1, -0.05) is 13.5 Å². The van der Waals surface area contributed by atoms with Crippen LogP contribution in [0.5, 0.6) is 0 Å². The number of carboxylic acids is 2. The number of aliphatic carboxylic acids is 2. The number of rotatable bonds is 5. The molecule has 0 rings (SSSR count). The lowest BCUT2D eigenvalue weighted by atomic mass is 10.0. The number of quaternary nitrogens is 2. The average Bonchev–Trinajstić information content (AvgIpc) is 1.98. The molecule has 6 nitrogen and oxygen atoms in total. The van der Waals surface area contributed by atoms with Gasteiger partial charge < -0.3 is 22.5 Å². The zero-order valence-corrected chi connectivity index (χ0v) is 8.91. The average molecular weight is 208 g/mol. The first-order chi connectivity index (χ1) is 5.45. The van der Waals surface area contributed by atoms with Gasteiger partial charge in [-0.05, 0) is 12.8 Å². The van der Waals surface area contributed by atoms with Gasteiger partial charge in [-0.25, -0.2) is 4.79 Å². The van der Waals surface area contributed by atoms with Crippen LogP contribution < -0.4 is 12.3 Å². The van der Waals surface area contributed by atoms with E-state index in [1.165, 1.54) is 6.92 Å². The van der Waals surface area contributed by atoms with E-state index in [-0.39, 0.29) is 24.3 Å². The van der Waals surface area contributed by atoms with Gasteiger partial charge in [-0.2, -0.15) is 0 Å². The van der Waals surface area contributed by atoms with E-state index >= 15 is 0 Å². The highest BCUT2D eigenvalue weighted by Gasteiger charge is 2.12. The van der Waals surface area contributed by atoms with Gasteiger partial charge in [0, 0.05) is 5.57 Å². The summed E-state index contributed by atoms with van der Waals surface area (Å²) in [6, 6.07) is 0. The van der Waals surface area contributed by atoms with Crippen LogP contribution in [0.3, 0.4) is 0 Å². The topological polar surface area (TPSA) is 148 Å². The summed E-state index contributed by atoms with van der Waals surface area (Å²) in [5, 5.41) is 16.8. The summed E-state index contributed by atoms with van der Waals surface area (Å²) >= 11 is 0. The SMILES string of the molecule is C=C(CCC(C)C(=O)O)C(=O)O.[NH4+].[NH4+]. The summed E-state index contributed by atoms with van der Waals surface area (Å²) in [6.07, 6.45) is 0.545. The second-order valence-corrected chi connectivity index (χ2v) is 2.69. The van der Waals surface area contributed by atoms with E-state index in [2.05, 4.69) is 6.58 Å². The van der Waals surface area contributed by atoms with Crippen LogP contribution in [0.15, 0.2) is 12.2 Å². The van der Waals surface area contributed by atoms with Gasteiger partial charge in [0.2, 0.25) is 0 Å². The fourth-order valence-corrected chi connectivity index (χ4v) is 0.621. The van der Waals surface area contributed by atoms with Crippen LogP contribution in [-0.2, 0) is 9.59 Å². The monoisotopic (exact) mass is 208 g/mol. The molecular formula is C8H20N2O4+2. The molecule has 0 saturated carbocycles. The van der Waals surface area contributed by atoms with Crippen molar-refractivity contribution < 1.29 is 19.8 Å². The molecule has 0 fully saturated rings. The zero-order valence-electron chi connectivity index (χ0n) is 8.91. The van der Waals surface area contributed by atoms with Crippen molar-refractivity contribution >= 4 is 11.9 Å². The van der Waals surface area contributed by atoms with E-state index in [1.807, 2.05) is 0 Å². The lowest BCUT2D eigenvalue weighted by Gasteiger charge is -2.04. The Morgan fingerprint density at radius 2 is 1.71 bits per heavy atom. The Morgan fingerprint density at radius 3 is 2.00 bits per heavy atom.